The minimum Gasteiger partial charge on any atom is -0.482 e. The average molecular weight is 493 g/mol. The van der Waals surface area contributed by atoms with Crippen LogP contribution in [-0.4, -0.2) is 18.7 Å². The molecule has 0 spiro atoms. The molecular formula is C19H11Cl5N2O3. The molecule has 1 N–H and O–H groups in total. The number of halogens is 5. The zero-order chi connectivity index (χ0) is 21.0. The molecule has 0 aliphatic rings. The Morgan fingerprint density at radius 3 is 2.52 bits per heavy atom. The summed E-state index contributed by atoms with van der Waals surface area (Å²) in [6, 6.07) is 11.2. The Bertz CT molecular complexity index is 1080. The molecular weight excluding hydrogens is 481 g/mol. The Balaban J connectivity index is 1.58. The zero-order valence-corrected chi connectivity index (χ0v) is 18.2. The molecule has 0 bridgehead atoms. The van der Waals surface area contributed by atoms with Crippen molar-refractivity contribution in [1.29, 1.82) is 0 Å². The number of hydrogen-bond acceptors (Lipinski definition) is 4. The van der Waals surface area contributed by atoms with Crippen molar-refractivity contribution in [3.8, 4) is 17.1 Å². The summed E-state index contributed by atoms with van der Waals surface area (Å²) in [5, 5.41) is 5.69. The molecule has 2 aromatic carbocycles. The summed E-state index contributed by atoms with van der Waals surface area (Å²) < 4.78 is 10.9. The number of nitrogens with zero attached hydrogens (tertiary/aromatic N) is 1. The number of amides is 1. The third kappa shape index (κ3) is 5.81. The van der Waals surface area contributed by atoms with Crippen molar-refractivity contribution >= 4 is 70.1 Å². The molecule has 0 aliphatic carbocycles. The third-order valence-electron chi connectivity index (χ3n) is 3.54. The highest BCUT2D eigenvalue weighted by Gasteiger charge is 2.12. The van der Waals surface area contributed by atoms with Crippen molar-refractivity contribution in [3.05, 3.63) is 73.3 Å². The lowest BCUT2D eigenvalue weighted by Crippen LogP contribution is -2.24. The molecule has 0 saturated heterocycles. The molecule has 0 atom stereocenters. The van der Waals surface area contributed by atoms with Gasteiger partial charge in [-0.3, -0.25) is 4.79 Å². The number of carbonyl (C=O) groups is 1. The molecule has 0 aliphatic heterocycles. The van der Waals surface area contributed by atoms with Crippen LogP contribution in [0.3, 0.4) is 0 Å². The summed E-state index contributed by atoms with van der Waals surface area (Å²) in [5.41, 5.74) is 2.90. The Morgan fingerprint density at radius 2 is 1.72 bits per heavy atom. The maximum Gasteiger partial charge on any atom is 0.277 e. The van der Waals surface area contributed by atoms with E-state index in [1.54, 1.807) is 30.3 Å². The fourth-order valence-corrected chi connectivity index (χ4v) is 3.18. The molecule has 3 aromatic rings. The second-order valence-corrected chi connectivity index (χ2v) is 7.67. The molecule has 150 valence electrons. The van der Waals surface area contributed by atoms with Gasteiger partial charge in [0.25, 0.3) is 5.91 Å². The van der Waals surface area contributed by atoms with E-state index in [4.69, 9.17) is 67.2 Å². The fraction of sp³-hybridized carbons (Fsp3) is 0.0526. The summed E-state index contributed by atoms with van der Waals surface area (Å²) in [5.74, 6) is 0.672. The van der Waals surface area contributed by atoms with Crippen LogP contribution in [0.15, 0.2) is 52.0 Å². The first-order valence-corrected chi connectivity index (χ1v) is 9.87. The Morgan fingerprint density at radius 1 is 0.966 bits per heavy atom. The lowest BCUT2D eigenvalue weighted by atomic mass is 10.2. The maximum absolute atomic E-state index is 11.8. The number of furan rings is 1. The van der Waals surface area contributed by atoms with Crippen molar-refractivity contribution in [2.45, 2.75) is 0 Å². The smallest absolute Gasteiger partial charge is 0.277 e. The number of hydrogen-bond donors (Lipinski definition) is 1. The quantitative estimate of drug-likeness (QED) is 0.235. The summed E-state index contributed by atoms with van der Waals surface area (Å²) in [6.45, 7) is -0.292. The van der Waals surface area contributed by atoms with E-state index in [0.717, 1.165) is 0 Å². The van der Waals surface area contributed by atoms with Gasteiger partial charge in [0.1, 0.15) is 17.3 Å². The second-order valence-electron chi connectivity index (χ2n) is 5.60. The molecule has 1 amide bonds. The second kappa shape index (κ2) is 9.74. The zero-order valence-electron chi connectivity index (χ0n) is 14.4. The van der Waals surface area contributed by atoms with Gasteiger partial charge in [-0.15, -0.1) is 0 Å². The third-order valence-corrected chi connectivity index (χ3v) is 5.12. The van der Waals surface area contributed by atoms with Crippen molar-refractivity contribution in [1.82, 2.24) is 5.43 Å². The van der Waals surface area contributed by atoms with Crippen LogP contribution in [0.5, 0.6) is 5.75 Å². The molecule has 29 heavy (non-hydrogen) atoms. The van der Waals surface area contributed by atoms with Gasteiger partial charge in [0.15, 0.2) is 6.61 Å². The van der Waals surface area contributed by atoms with Crippen LogP contribution in [0.2, 0.25) is 25.1 Å². The van der Waals surface area contributed by atoms with E-state index >= 15 is 0 Å². The Labute approximate surface area is 191 Å². The first kappa shape index (κ1) is 21.8. The van der Waals surface area contributed by atoms with Crippen molar-refractivity contribution < 1.29 is 13.9 Å². The Kier molecular flexibility index (Phi) is 7.33. The number of nitrogens with one attached hydrogen (secondary N) is 1. The van der Waals surface area contributed by atoms with Gasteiger partial charge in [0.2, 0.25) is 0 Å². The van der Waals surface area contributed by atoms with Crippen molar-refractivity contribution in [2.24, 2.45) is 5.10 Å². The van der Waals surface area contributed by atoms with Gasteiger partial charge in [-0.05, 0) is 36.4 Å². The minimum atomic E-state index is -0.489. The normalized spacial score (nSPS) is 11.1. The lowest BCUT2D eigenvalue weighted by molar-refractivity contribution is -0.123. The monoisotopic (exact) mass is 490 g/mol. The van der Waals surface area contributed by atoms with Crippen LogP contribution < -0.4 is 10.2 Å². The first-order chi connectivity index (χ1) is 13.8. The van der Waals surface area contributed by atoms with Crippen LogP contribution in [0.4, 0.5) is 0 Å². The first-order valence-electron chi connectivity index (χ1n) is 7.98. The van der Waals surface area contributed by atoms with Gasteiger partial charge in [-0.2, -0.15) is 5.10 Å². The van der Waals surface area contributed by atoms with E-state index in [1.165, 1.54) is 18.3 Å². The lowest BCUT2D eigenvalue weighted by Gasteiger charge is -2.07. The van der Waals surface area contributed by atoms with E-state index in [0.29, 0.717) is 47.9 Å². The Hall–Kier alpha value is -1.89. The van der Waals surface area contributed by atoms with Gasteiger partial charge in [0, 0.05) is 16.7 Å². The fourth-order valence-electron chi connectivity index (χ4n) is 2.21. The molecule has 1 heterocycles. The predicted octanol–water partition coefficient (Wildman–Crippen LogP) is 6.74. The molecule has 5 nitrogen and oxygen atoms in total. The highest BCUT2D eigenvalue weighted by molar-refractivity contribution is 6.44. The molecule has 0 saturated carbocycles. The predicted molar refractivity (Wildman–Crippen MR) is 117 cm³/mol. The van der Waals surface area contributed by atoms with Gasteiger partial charge < -0.3 is 9.15 Å². The van der Waals surface area contributed by atoms with Gasteiger partial charge in [-0.25, -0.2) is 5.43 Å². The maximum atomic E-state index is 11.8. The van der Waals surface area contributed by atoms with Gasteiger partial charge in [0.05, 0.1) is 26.3 Å². The number of carbonyl (C=O) groups excluding carboxylic acids is 1. The van der Waals surface area contributed by atoms with Crippen LogP contribution in [0.1, 0.15) is 5.76 Å². The number of hydrazone groups is 1. The summed E-state index contributed by atoms with van der Waals surface area (Å²) in [4.78, 5) is 11.8. The highest BCUT2D eigenvalue weighted by Crippen LogP contribution is 2.35. The van der Waals surface area contributed by atoms with E-state index in [2.05, 4.69) is 10.5 Å². The van der Waals surface area contributed by atoms with Crippen molar-refractivity contribution in [3.63, 3.8) is 0 Å². The van der Waals surface area contributed by atoms with Gasteiger partial charge in [-0.1, -0.05) is 58.0 Å². The SMILES string of the molecule is O=C(COc1cc(Cl)ccc1Cl)N/N=C/c1ccc(-c2cc(Cl)c(Cl)cc2Cl)o1. The summed E-state index contributed by atoms with van der Waals surface area (Å²) in [6.07, 6.45) is 1.33. The number of rotatable bonds is 6. The average Bonchev–Trinajstić information content (AvgIpc) is 3.14. The molecule has 0 fully saturated rings. The van der Waals surface area contributed by atoms with Gasteiger partial charge >= 0.3 is 0 Å². The number of benzene rings is 2. The topological polar surface area (TPSA) is 63.8 Å². The molecule has 0 radical (unpaired) electrons. The van der Waals surface area contributed by atoms with Crippen molar-refractivity contribution in [2.75, 3.05) is 6.61 Å². The summed E-state index contributed by atoms with van der Waals surface area (Å²) in [7, 11) is 0. The molecule has 10 heteroatoms. The van der Waals surface area contributed by atoms with E-state index in [9.17, 15) is 4.79 Å². The van der Waals surface area contributed by atoms with Crippen LogP contribution in [0, 0.1) is 0 Å². The molecule has 0 unspecified atom stereocenters. The highest BCUT2D eigenvalue weighted by atomic mass is 35.5. The van der Waals surface area contributed by atoms with Crippen LogP contribution in [-0.2, 0) is 4.79 Å². The molecule has 1 aromatic heterocycles. The minimum absolute atomic E-state index is 0.292. The van der Waals surface area contributed by atoms with E-state index in [1.807, 2.05) is 0 Å². The number of ether oxygens (including phenoxy) is 1. The largest absolute Gasteiger partial charge is 0.482 e. The van der Waals surface area contributed by atoms with E-state index < -0.39 is 5.91 Å². The van der Waals surface area contributed by atoms with Crippen LogP contribution in [0.25, 0.3) is 11.3 Å². The molecule has 3 rings (SSSR count). The van der Waals surface area contributed by atoms with Crippen LogP contribution >= 0.6 is 58.0 Å². The summed E-state index contributed by atoms with van der Waals surface area (Å²) >= 11 is 29.9. The van der Waals surface area contributed by atoms with E-state index in [-0.39, 0.29) is 6.61 Å². The standard InChI is InChI=1S/C19H11Cl5N2O3/c20-10-1-3-13(21)18(5-10)28-9-19(27)26-25-8-11-2-4-17(29-11)12-6-15(23)16(24)7-14(12)22/h1-8H,9H2,(H,26,27)/b25-8+.